The molecule has 1 saturated heterocycles. The molecule has 0 aromatic heterocycles. The van der Waals surface area contributed by atoms with E-state index in [4.69, 9.17) is 9.47 Å². The molecule has 0 aliphatic carbocycles. The van der Waals surface area contributed by atoms with Gasteiger partial charge in [0.25, 0.3) is 0 Å². The minimum Gasteiger partial charge on any atom is -0.466 e. The van der Waals surface area contributed by atoms with Crippen LogP contribution in [0.2, 0.25) is 0 Å². The Bertz CT molecular complexity index is 754. The molecule has 0 spiro atoms. The van der Waals surface area contributed by atoms with Crippen molar-refractivity contribution in [3.8, 4) is 11.5 Å². The lowest BCUT2D eigenvalue weighted by atomic mass is 9.97. The molecule has 1 N–H and O–H groups in total. The van der Waals surface area contributed by atoms with Gasteiger partial charge in [0, 0.05) is 18.8 Å². The molecule has 27 heavy (non-hydrogen) atoms. The number of anilines is 1. The van der Waals surface area contributed by atoms with Crippen LogP contribution in [0.4, 0.5) is 10.5 Å². The molecule has 142 valence electrons. The Balaban J connectivity index is 1.49. The van der Waals surface area contributed by atoms with Crippen molar-refractivity contribution in [3.63, 3.8) is 0 Å². The third kappa shape index (κ3) is 5.23. The fourth-order valence-corrected chi connectivity index (χ4v) is 3.01. The zero-order chi connectivity index (χ0) is 19.1. The molecule has 6 heteroatoms. The first kappa shape index (κ1) is 18.8. The highest BCUT2D eigenvalue weighted by Crippen LogP contribution is 2.23. The Morgan fingerprint density at radius 3 is 2.26 bits per heavy atom. The van der Waals surface area contributed by atoms with Gasteiger partial charge in [0.2, 0.25) is 0 Å². The summed E-state index contributed by atoms with van der Waals surface area (Å²) in [4.78, 5) is 25.9. The Hall–Kier alpha value is -3.02. The fraction of sp³-hybridized carbons (Fsp3) is 0.333. The topological polar surface area (TPSA) is 67.9 Å². The average Bonchev–Trinajstić information content (AvgIpc) is 2.70. The van der Waals surface area contributed by atoms with Gasteiger partial charge in [-0.05, 0) is 56.2 Å². The van der Waals surface area contributed by atoms with Crippen molar-refractivity contribution in [3.05, 3.63) is 54.6 Å². The van der Waals surface area contributed by atoms with Crippen LogP contribution in [0, 0.1) is 5.92 Å². The molecule has 0 atom stereocenters. The number of nitrogens with zero attached hydrogens (tertiary/aromatic N) is 1. The molecule has 0 saturated carbocycles. The number of carbonyl (C=O) groups excluding carboxylic acids is 2. The van der Waals surface area contributed by atoms with E-state index in [9.17, 15) is 9.59 Å². The second-order valence-corrected chi connectivity index (χ2v) is 6.38. The smallest absolute Gasteiger partial charge is 0.321 e. The number of rotatable bonds is 5. The van der Waals surface area contributed by atoms with Crippen molar-refractivity contribution in [1.82, 2.24) is 4.90 Å². The largest absolute Gasteiger partial charge is 0.466 e. The Morgan fingerprint density at radius 2 is 1.63 bits per heavy atom. The van der Waals surface area contributed by atoms with Crippen molar-refractivity contribution < 1.29 is 19.1 Å². The van der Waals surface area contributed by atoms with E-state index < -0.39 is 0 Å². The van der Waals surface area contributed by atoms with E-state index in [1.165, 1.54) is 0 Å². The summed E-state index contributed by atoms with van der Waals surface area (Å²) in [7, 11) is 0. The first-order valence-corrected chi connectivity index (χ1v) is 9.21. The molecule has 1 aliphatic heterocycles. The van der Waals surface area contributed by atoms with Gasteiger partial charge in [-0.1, -0.05) is 18.2 Å². The first-order chi connectivity index (χ1) is 13.2. The molecule has 1 aliphatic rings. The molecule has 2 aromatic carbocycles. The van der Waals surface area contributed by atoms with Gasteiger partial charge in [-0.2, -0.15) is 0 Å². The number of piperidine rings is 1. The highest BCUT2D eigenvalue weighted by Gasteiger charge is 2.28. The summed E-state index contributed by atoms with van der Waals surface area (Å²) in [5, 5.41) is 2.89. The third-order valence-electron chi connectivity index (χ3n) is 4.49. The summed E-state index contributed by atoms with van der Waals surface area (Å²) >= 11 is 0. The summed E-state index contributed by atoms with van der Waals surface area (Å²) in [6.45, 7) is 3.29. The number of carbonyl (C=O) groups is 2. The van der Waals surface area contributed by atoms with E-state index in [1.807, 2.05) is 54.6 Å². The molecule has 2 amide bonds. The number of ether oxygens (including phenoxy) is 2. The van der Waals surface area contributed by atoms with E-state index in [2.05, 4.69) is 5.32 Å². The van der Waals surface area contributed by atoms with Crippen LogP contribution in [-0.2, 0) is 9.53 Å². The molecule has 0 radical (unpaired) electrons. The Kier molecular flexibility index (Phi) is 6.30. The molecule has 1 heterocycles. The van der Waals surface area contributed by atoms with Gasteiger partial charge in [0.1, 0.15) is 11.5 Å². The van der Waals surface area contributed by atoms with Crippen LogP contribution in [-0.4, -0.2) is 36.6 Å². The number of para-hydroxylation sites is 1. The summed E-state index contributed by atoms with van der Waals surface area (Å²) < 4.78 is 10.8. The van der Waals surface area contributed by atoms with Crippen molar-refractivity contribution in [2.75, 3.05) is 25.0 Å². The van der Waals surface area contributed by atoms with Gasteiger partial charge in [-0.25, -0.2) is 4.79 Å². The van der Waals surface area contributed by atoms with Gasteiger partial charge >= 0.3 is 12.0 Å². The van der Waals surface area contributed by atoms with Crippen LogP contribution in [0.15, 0.2) is 54.6 Å². The van der Waals surface area contributed by atoms with Gasteiger partial charge in [-0.15, -0.1) is 0 Å². The second kappa shape index (κ2) is 9.07. The average molecular weight is 368 g/mol. The van der Waals surface area contributed by atoms with E-state index in [0.29, 0.717) is 44.0 Å². The Labute approximate surface area is 159 Å². The summed E-state index contributed by atoms with van der Waals surface area (Å²) in [5.41, 5.74) is 0.702. The Morgan fingerprint density at radius 1 is 1.00 bits per heavy atom. The number of amides is 2. The summed E-state index contributed by atoms with van der Waals surface area (Å²) in [6, 6.07) is 16.6. The highest BCUT2D eigenvalue weighted by atomic mass is 16.5. The van der Waals surface area contributed by atoms with Gasteiger partial charge in [0.05, 0.1) is 12.5 Å². The number of nitrogens with one attached hydrogen (secondary N) is 1. The van der Waals surface area contributed by atoms with E-state index >= 15 is 0 Å². The molecule has 2 aromatic rings. The normalized spacial score (nSPS) is 14.5. The van der Waals surface area contributed by atoms with E-state index in [1.54, 1.807) is 11.8 Å². The van der Waals surface area contributed by atoms with Gasteiger partial charge in [0.15, 0.2) is 0 Å². The lowest BCUT2D eigenvalue weighted by Crippen LogP contribution is -2.42. The maximum absolute atomic E-state index is 12.4. The molecule has 1 fully saturated rings. The highest BCUT2D eigenvalue weighted by molar-refractivity contribution is 5.89. The lowest BCUT2D eigenvalue weighted by Gasteiger charge is -2.30. The number of hydrogen-bond acceptors (Lipinski definition) is 4. The van der Waals surface area contributed by atoms with Crippen LogP contribution < -0.4 is 10.1 Å². The molecule has 0 bridgehead atoms. The quantitative estimate of drug-likeness (QED) is 0.800. The van der Waals surface area contributed by atoms with Crippen molar-refractivity contribution in [2.24, 2.45) is 5.92 Å². The molecular weight excluding hydrogens is 344 g/mol. The third-order valence-corrected chi connectivity index (χ3v) is 4.49. The van der Waals surface area contributed by atoms with Crippen molar-refractivity contribution >= 4 is 17.7 Å². The minimum atomic E-state index is -0.161. The van der Waals surface area contributed by atoms with Gasteiger partial charge < -0.3 is 19.7 Å². The number of likely N-dealkylation sites (tertiary alicyclic amines) is 1. The summed E-state index contributed by atoms with van der Waals surface area (Å²) in [6.07, 6.45) is 1.27. The van der Waals surface area contributed by atoms with E-state index in [0.717, 1.165) is 5.75 Å². The van der Waals surface area contributed by atoms with Crippen LogP contribution in [0.1, 0.15) is 19.8 Å². The molecule has 6 nitrogen and oxygen atoms in total. The van der Waals surface area contributed by atoms with Gasteiger partial charge in [-0.3, -0.25) is 4.79 Å². The number of esters is 1. The molecule has 3 rings (SSSR count). The van der Waals surface area contributed by atoms with Crippen LogP contribution in [0.5, 0.6) is 11.5 Å². The minimum absolute atomic E-state index is 0.108. The standard InChI is InChI=1S/C21H24N2O4/c1-2-26-20(24)16-12-14-23(15-13-16)21(25)22-17-8-10-19(11-9-17)27-18-6-4-3-5-7-18/h3-11,16H,2,12-15H2,1H3,(H,22,25). The maximum atomic E-state index is 12.4. The maximum Gasteiger partial charge on any atom is 0.321 e. The molecule has 0 unspecified atom stereocenters. The zero-order valence-corrected chi connectivity index (χ0v) is 15.4. The second-order valence-electron chi connectivity index (χ2n) is 6.38. The molecular formula is C21H24N2O4. The summed E-state index contributed by atoms with van der Waals surface area (Å²) in [5.74, 6) is 1.20. The van der Waals surface area contributed by atoms with Crippen LogP contribution >= 0.6 is 0 Å². The first-order valence-electron chi connectivity index (χ1n) is 9.21. The number of urea groups is 1. The van der Waals surface area contributed by atoms with Crippen molar-refractivity contribution in [1.29, 1.82) is 0 Å². The fourth-order valence-electron chi connectivity index (χ4n) is 3.01. The monoisotopic (exact) mass is 368 g/mol. The number of benzene rings is 2. The SMILES string of the molecule is CCOC(=O)C1CCN(C(=O)Nc2ccc(Oc3ccccc3)cc2)CC1. The number of hydrogen-bond donors (Lipinski definition) is 1. The predicted molar refractivity (Wildman–Crippen MR) is 103 cm³/mol. The zero-order valence-electron chi connectivity index (χ0n) is 15.4. The van der Waals surface area contributed by atoms with Crippen LogP contribution in [0.3, 0.4) is 0 Å². The van der Waals surface area contributed by atoms with E-state index in [-0.39, 0.29) is 17.9 Å². The van der Waals surface area contributed by atoms with Crippen LogP contribution in [0.25, 0.3) is 0 Å². The predicted octanol–water partition coefficient (Wildman–Crippen LogP) is 4.29. The van der Waals surface area contributed by atoms with Crippen molar-refractivity contribution in [2.45, 2.75) is 19.8 Å². The lowest BCUT2D eigenvalue weighted by molar-refractivity contribution is -0.149.